The van der Waals surface area contributed by atoms with E-state index < -0.39 is 15.8 Å². The Morgan fingerprint density at radius 1 is 1.36 bits per heavy atom. The van der Waals surface area contributed by atoms with E-state index in [0.717, 1.165) is 29.7 Å². The Labute approximate surface area is 204 Å². The zero-order valence-electron chi connectivity index (χ0n) is 19.3. The van der Waals surface area contributed by atoms with Crippen molar-refractivity contribution in [1.82, 2.24) is 9.03 Å². The van der Waals surface area contributed by atoms with Crippen molar-refractivity contribution in [2.24, 2.45) is 21.6 Å². The van der Waals surface area contributed by atoms with Gasteiger partial charge in [-0.2, -0.15) is 4.31 Å². The number of nitrogens with two attached hydrogens (primary N) is 1. The number of thiophene rings is 1. The quantitative estimate of drug-likeness (QED) is 0.238. The summed E-state index contributed by atoms with van der Waals surface area (Å²) in [5.41, 5.74) is 7.28. The van der Waals surface area contributed by atoms with Gasteiger partial charge in [0, 0.05) is 18.5 Å². The minimum absolute atomic E-state index is 0.0218. The van der Waals surface area contributed by atoms with Gasteiger partial charge in [-0.25, -0.2) is 13.4 Å². The molecule has 4 N–H and O–H groups in total. The van der Waals surface area contributed by atoms with Gasteiger partial charge in [-0.15, -0.1) is 11.3 Å². The van der Waals surface area contributed by atoms with Crippen molar-refractivity contribution in [2.45, 2.75) is 62.7 Å². The molecule has 0 bridgehead atoms. The number of hydrogen-bond acceptors (Lipinski definition) is 8. The molecule has 0 spiro atoms. The van der Waals surface area contributed by atoms with Gasteiger partial charge < -0.3 is 20.0 Å². The smallest absolute Gasteiger partial charge is 0.256 e. The number of thiol groups is 1. The zero-order chi connectivity index (χ0) is 24.5. The van der Waals surface area contributed by atoms with Gasteiger partial charge in [-0.1, -0.05) is 40.5 Å². The summed E-state index contributed by atoms with van der Waals surface area (Å²) >= 11 is 5.02. The number of nitrogens with zero attached hydrogens (tertiary/aromatic N) is 3. The molecule has 3 rings (SSSR count). The van der Waals surface area contributed by atoms with Crippen LogP contribution in [0.2, 0.25) is 0 Å². The lowest BCUT2D eigenvalue weighted by atomic mass is 10.00. The maximum atomic E-state index is 12.8. The van der Waals surface area contributed by atoms with E-state index in [9.17, 15) is 13.5 Å². The van der Waals surface area contributed by atoms with Gasteiger partial charge in [-0.05, 0) is 36.3 Å². The summed E-state index contributed by atoms with van der Waals surface area (Å²) < 4.78 is 35.1. The monoisotopic (exact) mass is 513 g/mol. The number of hydrogen-bond donors (Lipinski definition) is 4. The molecule has 0 aliphatic heterocycles. The van der Waals surface area contributed by atoms with E-state index in [0.29, 0.717) is 11.7 Å². The molecule has 0 amide bonds. The molecule has 2 heterocycles. The highest BCUT2D eigenvalue weighted by molar-refractivity contribution is 7.91. The predicted molar refractivity (Wildman–Crippen MR) is 135 cm³/mol. The molecule has 0 unspecified atom stereocenters. The van der Waals surface area contributed by atoms with Crippen LogP contribution in [0.5, 0.6) is 5.75 Å². The van der Waals surface area contributed by atoms with Gasteiger partial charge in [0.2, 0.25) is 0 Å². The first kappa shape index (κ1) is 25.6. The van der Waals surface area contributed by atoms with Crippen LogP contribution in [0.4, 0.5) is 5.69 Å². The summed E-state index contributed by atoms with van der Waals surface area (Å²) in [6.45, 7) is 8.18. The van der Waals surface area contributed by atoms with Crippen molar-refractivity contribution in [3.8, 4) is 5.75 Å². The summed E-state index contributed by atoms with van der Waals surface area (Å²) in [7, 11) is -2.28. The van der Waals surface area contributed by atoms with Crippen molar-refractivity contribution >= 4 is 51.5 Å². The molecule has 2 aromatic rings. The van der Waals surface area contributed by atoms with Gasteiger partial charge >= 0.3 is 0 Å². The zero-order valence-corrected chi connectivity index (χ0v) is 21.8. The Kier molecular flexibility index (Phi) is 7.82. The van der Waals surface area contributed by atoms with E-state index >= 15 is 0 Å². The first-order chi connectivity index (χ1) is 15.5. The van der Waals surface area contributed by atoms with E-state index in [1.54, 1.807) is 6.26 Å². The number of sulfonamides is 1. The molecule has 2 aromatic heterocycles. The lowest BCUT2D eigenvalue weighted by molar-refractivity contribution is 0.404. The van der Waals surface area contributed by atoms with Crippen LogP contribution in [0.1, 0.15) is 63.8 Å². The highest BCUT2D eigenvalue weighted by Gasteiger charge is 2.37. The van der Waals surface area contributed by atoms with Crippen LogP contribution in [-0.4, -0.2) is 42.6 Å². The SMILES string of the molecule is CC(C)c1coc([C@H](N=C(NS)C(N)=Nc2csc(S(=O)(=O)N(C)C3CC3)c2O)C(C)C)c1. The Balaban J connectivity index is 1.91. The number of rotatable bonds is 8. The second-order valence-electron chi connectivity index (χ2n) is 8.72. The van der Waals surface area contributed by atoms with Crippen LogP contribution in [0.15, 0.2) is 36.3 Å². The fourth-order valence-corrected chi connectivity index (χ4v) is 6.16. The Bertz CT molecular complexity index is 1150. The van der Waals surface area contributed by atoms with Gasteiger partial charge in [0.15, 0.2) is 21.6 Å². The topological polar surface area (TPSA) is 134 Å². The minimum atomic E-state index is -3.80. The van der Waals surface area contributed by atoms with Crippen molar-refractivity contribution in [1.29, 1.82) is 0 Å². The van der Waals surface area contributed by atoms with E-state index in [1.807, 2.05) is 19.9 Å². The maximum absolute atomic E-state index is 12.8. The van der Waals surface area contributed by atoms with Crippen LogP contribution < -0.4 is 10.5 Å². The second kappa shape index (κ2) is 10.1. The predicted octanol–water partition coefficient (Wildman–Crippen LogP) is 4.17. The highest BCUT2D eigenvalue weighted by Crippen LogP contribution is 2.42. The van der Waals surface area contributed by atoms with Crippen molar-refractivity contribution in [3.05, 3.63) is 29.0 Å². The van der Waals surface area contributed by atoms with E-state index in [-0.39, 0.29) is 39.6 Å². The summed E-state index contributed by atoms with van der Waals surface area (Å²) in [6.07, 6.45) is 3.36. The molecule has 0 aromatic carbocycles. The van der Waals surface area contributed by atoms with Crippen molar-refractivity contribution in [3.63, 3.8) is 0 Å². The van der Waals surface area contributed by atoms with Gasteiger partial charge in [0.1, 0.15) is 17.5 Å². The third kappa shape index (κ3) is 5.56. The summed E-state index contributed by atoms with van der Waals surface area (Å²) in [4.78, 5) is 8.88. The third-order valence-electron chi connectivity index (χ3n) is 5.48. The maximum Gasteiger partial charge on any atom is 0.256 e. The molecule has 1 fully saturated rings. The second-order valence-corrected chi connectivity index (χ2v) is 12.0. The average Bonchev–Trinajstić information content (AvgIpc) is 3.36. The Hall–Kier alpha value is -2.02. The molecule has 182 valence electrons. The number of nitrogens with one attached hydrogen (secondary N) is 1. The summed E-state index contributed by atoms with van der Waals surface area (Å²) in [5, 5.41) is 12.0. The largest absolute Gasteiger partial charge is 0.504 e. The number of amidine groups is 2. The molecular weight excluding hydrogens is 482 g/mol. The normalized spacial score (nSPS) is 16.8. The van der Waals surface area contributed by atoms with Crippen molar-refractivity contribution < 1.29 is 17.9 Å². The van der Waals surface area contributed by atoms with Crippen LogP contribution in [0.3, 0.4) is 0 Å². The first-order valence-corrected chi connectivity index (χ1v) is 13.4. The first-order valence-electron chi connectivity index (χ1n) is 10.7. The van der Waals surface area contributed by atoms with Gasteiger partial charge in [0.05, 0.1) is 6.26 Å². The Morgan fingerprint density at radius 2 is 2.03 bits per heavy atom. The van der Waals surface area contributed by atoms with E-state index in [1.165, 1.54) is 16.7 Å². The van der Waals surface area contributed by atoms with Crippen molar-refractivity contribution in [2.75, 3.05) is 7.05 Å². The molecule has 33 heavy (non-hydrogen) atoms. The van der Waals surface area contributed by atoms with Crippen LogP contribution >= 0.6 is 24.2 Å². The molecule has 0 radical (unpaired) electrons. The number of furan rings is 1. The third-order valence-corrected chi connectivity index (χ3v) is 9.07. The molecule has 1 aliphatic rings. The number of aromatic hydroxyl groups is 1. The Morgan fingerprint density at radius 3 is 2.55 bits per heavy atom. The lowest BCUT2D eigenvalue weighted by Gasteiger charge is -2.16. The molecule has 12 heteroatoms. The van der Waals surface area contributed by atoms with E-state index in [2.05, 4.69) is 41.4 Å². The molecule has 9 nitrogen and oxygen atoms in total. The van der Waals surface area contributed by atoms with Gasteiger partial charge in [0.25, 0.3) is 10.0 Å². The molecule has 1 saturated carbocycles. The number of aliphatic imine (C=N–C) groups is 2. The molecule has 0 saturated heterocycles. The fraction of sp³-hybridized carbons (Fsp3) is 0.524. The van der Waals surface area contributed by atoms with E-state index in [4.69, 9.17) is 10.2 Å². The standard InChI is InChI=1S/C21H31N5O4S3/c1-11(2)13-8-16(30-9-13)17(12(3)4)24-20(25-31)19(22)23-15-10-32-21(18(15)27)33(28,29)26(5)14-6-7-14/h8-12,14,17,27,31H,6-7H2,1-5H3,(H2,22,23)(H,24,25)/t17-/m1/s1. The minimum Gasteiger partial charge on any atom is -0.504 e. The molecular formula is C21H31N5O4S3. The molecule has 1 aliphatic carbocycles. The molecule has 1 atom stereocenters. The fourth-order valence-electron chi connectivity index (χ4n) is 3.19. The summed E-state index contributed by atoms with van der Waals surface area (Å²) in [6, 6.07) is 1.60. The average molecular weight is 514 g/mol. The highest BCUT2D eigenvalue weighted by atomic mass is 32.2. The van der Waals surface area contributed by atoms with Crippen LogP contribution in [0.25, 0.3) is 0 Å². The lowest BCUT2D eigenvalue weighted by Crippen LogP contribution is -2.32. The van der Waals surface area contributed by atoms with Crippen LogP contribution in [-0.2, 0) is 10.0 Å². The summed E-state index contributed by atoms with van der Waals surface area (Å²) in [5.74, 6) is 0.812. The van der Waals surface area contributed by atoms with Crippen LogP contribution in [0, 0.1) is 5.92 Å². The van der Waals surface area contributed by atoms with Gasteiger partial charge in [-0.3, -0.25) is 4.99 Å².